The second kappa shape index (κ2) is 7.99. The molecule has 142 valence electrons. The minimum Gasteiger partial charge on any atom is -0.304 e. The smallest absolute Gasteiger partial charge is 0.277 e. The Hall–Kier alpha value is -2.91. The van der Waals surface area contributed by atoms with Gasteiger partial charge < -0.3 is 5.32 Å². The van der Waals surface area contributed by atoms with Gasteiger partial charge in [-0.25, -0.2) is 4.68 Å². The van der Waals surface area contributed by atoms with E-state index in [0.29, 0.717) is 29.7 Å². The molecule has 0 aliphatic rings. The summed E-state index contributed by atoms with van der Waals surface area (Å²) >= 11 is 9.35. The van der Waals surface area contributed by atoms with Gasteiger partial charge in [0.1, 0.15) is 6.67 Å². The quantitative estimate of drug-likeness (QED) is 0.477. The highest BCUT2D eigenvalue weighted by atomic mass is 79.9. The van der Waals surface area contributed by atoms with E-state index in [0.717, 1.165) is 10.0 Å². The maximum Gasteiger partial charge on any atom is 0.277 e. The molecule has 0 atom stereocenters. The first kappa shape index (κ1) is 18.5. The van der Waals surface area contributed by atoms with Crippen molar-refractivity contribution >= 4 is 39.3 Å². The van der Waals surface area contributed by atoms with Crippen LogP contribution in [0.25, 0.3) is 0 Å². The summed E-state index contributed by atoms with van der Waals surface area (Å²) in [5.74, 6) is 0.131. The van der Waals surface area contributed by atoms with Gasteiger partial charge in [-0.1, -0.05) is 23.7 Å². The molecule has 0 bridgehead atoms. The topological polar surface area (TPSA) is 82.6 Å². The fourth-order valence-corrected chi connectivity index (χ4v) is 3.19. The molecule has 0 saturated heterocycles. The van der Waals surface area contributed by atoms with Crippen LogP contribution in [0.2, 0.25) is 5.02 Å². The summed E-state index contributed by atoms with van der Waals surface area (Å²) in [7, 11) is 0. The van der Waals surface area contributed by atoms with Crippen molar-refractivity contribution in [3.8, 4) is 0 Å². The first-order chi connectivity index (χ1) is 13.5. The number of nitrogens with one attached hydrogen (secondary N) is 1. The van der Waals surface area contributed by atoms with Crippen LogP contribution >= 0.6 is 27.5 Å². The van der Waals surface area contributed by atoms with E-state index in [2.05, 4.69) is 36.5 Å². The lowest BCUT2D eigenvalue weighted by molar-refractivity contribution is 0.102. The molecular formula is C18H15BrClN7O. The lowest BCUT2D eigenvalue weighted by Crippen LogP contribution is -2.15. The molecule has 0 aliphatic carbocycles. The van der Waals surface area contributed by atoms with Crippen LogP contribution in [0.1, 0.15) is 16.1 Å². The van der Waals surface area contributed by atoms with Crippen molar-refractivity contribution < 1.29 is 4.79 Å². The van der Waals surface area contributed by atoms with Crippen LogP contribution in [0.4, 0.5) is 5.82 Å². The minimum absolute atomic E-state index is 0.301. The summed E-state index contributed by atoms with van der Waals surface area (Å²) in [6.45, 7) is 0.970. The van der Waals surface area contributed by atoms with E-state index in [-0.39, 0.29) is 5.91 Å². The molecule has 0 saturated carbocycles. The van der Waals surface area contributed by atoms with Gasteiger partial charge in [0.2, 0.25) is 0 Å². The van der Waals surface area contributed by atoms with Gasteiger partial charge in [0.25, 0.3) is 5.91 Å². The number of anilines is 1. The summed E-state index contributed by atoms with van der Waals surface area (Å²) in [4.78, 5) is 12.4. The zero-order valence-corrected chi connectivity index (χ0v) is 16.9. The summed E-state index contributed by atoms with van der Waals surface area (Å²) in [5, 5.41) is 16.2. The number of benzene rings is 1. The lowest BCUT2D eigenvalue weighted by atomic mass is 10.2. The van der Waals surface area contributed by atoms with E-state index in [4.69, 9.17) is 11.6 Å². The molecule has 0 aliphatic heterocycles. The summed E-state index contributed by atoms with van der Waals surface area (Å²) < 4.78 is 5.95. The Bertz CT molecular complexity index is 1120. The molecule has 4 aromatic rings. The van der Waals surface area contributed by atoms with Crippen molar-refractivity contribution in [2.45, 2.75) is 13.2 Å². The van der Waals surface area contributed by atoms with Crippen LogP contribution in [0, 0.1) is 0 Å². The Morgan fingerprint density at radius 2 is 1.96 bits per heavy atom. The van der Waals surface area contributed by atoms with Gasteiger partial charge in [-0.05, 0) is 39.7 Å². The zero-order valence-electron chi connectivity index (χ0n) is 14.5. The Morgan fingerprint density at radius 1 is 1.11 bits per heavy atom. The van der Waals surface area contributed by atoms with Crippen molar-refractivity contribution in [1.82, 2.24) is 29.3 Å². The van der Waals surface area contributed by atoms with E-state index in [1.165, 1.54) is 0 Å². The molecule has 0 spiro atoms. The molecule has 28 heavy (non-hydrogen) atoms. The molecule has 4 rings (SSSR count). The monoisotopic (exact) mass is 459 g/mol. The number of hydrogen-bond acceptors (Lipinski definition) is 4. The fraction of sp³-hybridized carbons (Fsp3) is 0.111. The molecule has 8 nitrogen and oxygen atoms in total. The lowest BCUT2D eigenvalue weighted by Gasteiger charge is -2.03. The van der Waals surface area contributed by atoms with Crippen molar-refractivity contribution in [1.29, 1.82) is 0 Å². The minimum atomic E-state index is -0.326. The third kappa shape index (κ3) is 4.49. The van der Waals surface area contributed by atoms with Gasteiger partial charge in [-0.2, -0.15) is 15.3 Å². The van der Waals surface area contributed by atoms with Crippen LogP contribution in [0.3, 0.4) is 0 Å². The van der Waals surface area contributed by atoms with Crippen LogP contribution in [0.5, 0.6) is 0 Å². The molecule has 3 aromatic heterocycles. The highest BCUT2D eigenvalue weighted by Gasteiger charge is 2.12. The standard InChI is InChI=1S/C18H15BrClN7O/c19-14-9-21-27(11-14)12-26-6-4-16(23-26)18(28)22-17-5-7-25(24-17)10-13-2-1-3-15(20)8-13/h1-9,11H,10,12H2,(H,22,24,28). The van der Waals surface area contributed by atoms with Crippen molar-refractivity contribution in [2.75, 3.05) is 5.32 Å². The highest BCUT2D eigenvalue weighted by molar-refractivity contribution is 9.10. The fourth-order valence-electron chi connectivity index (χ4n) is 2.64. The third-order valence-corrected chi connectivity index (χ3v) is 4.53. The van der Waals surface area contributed by atoms with E-state index < -0.39 is 0 Å². The number of hydrogen-bond donors (Lipinski definition) is 1. The second-order valence-electron chi connectivity index (χ2n) is 6.06. The maximum atomic E-state index is 12.4. The SMILES string of the molecule is O=C(Nc1ccn(Cc2cccc(Cl)c2)n1)c1ccn(Cn2cc(Br)cn2)n1. The van der Waals surface area contributed by atoms with E-state index in [1.54, 1.807) is 44.8 Å². The van der Waals surface area contributed by atoms with Gasteiger partial charge in [-0.15, -0.1) is 0 Å². The predicted octanol–water partition coefficient (Wildman–Crippen LogP) is 3.50. The van der Waals surface area contributed by atoms with Crippen molar-refractivity contribution in [2.24, 2.45) is 0 Å². The van der Waals surface area contributed by atoms with Gasteiger partial charge in [-0.3, -0.25) is 14.2 Å². The number of rotatable bonds is 6. The molecule has 3 heterocycles. The number of aromatic nitrogens is 6. The average molecular weight is 461 g/mol. The predicted molar refractivity (Wildman–Crippen MR) is 108 cm³/mol. The van der Waals surface area contributed by atoms with Crippen LogP contribution in [-0.2, 0) is 13.2 Å². The van der Waals surface area contributed by atoms with Gasteiger partial charge in [0.05, 0.1) is 17.2 Å². The zero-order chi connectivity index (χ0) is 19.5. The van der Waals surface area contributed by atoms with E-state index >= 15 is 0 Å². The van der Waals surface area contributed by atoms with E-state index in [1.807, 2.05) is 30.5 Å². The number of halogens is 2. The van der Waals surface area contributed by atoms with Gasteiger partial charge in [0.15, 0.2) is 11.5 Å². The molecule has 0 fully saturated rings. The Balaban J connectivity index is 1.38. The number of carbonyl (C=O) groups is 1. The number of carbonyl (C=O) groups excluding carboxylic acids is 1. The van der Waals surface area contributed by atoms with Crippen LogP contribution < -0.4 is 5.32 Å². The third-order valence-electron chi connectivity index (χ3n) is 3.88. The molecule has 1 aromatic carbocycles. The van der Waals surface area contributed by atoms with Crippen LogP contribution in [0.15, 0.2) is 65.7 Å². The average Bonchev–Trinajstić information content (AvgIpc) is 3.38. The van der Waals surface area contributed by atoms with Gasteiger partial charge in [0, 0.05) is 29.7 Å². The summed E-state index contributed by atoms with van der Waals surface area (Å²) in [5.41, 5.74) is 1.33. The molecule has 1 amide bonds. The molecule has 10 heteroatoms. The highest BCUT2D eigenvalue weighted by Crippen LogP contribution is 2.13. The van der Waals surface area contributed by atoms with Crippen LogP contribution in [-0.4, -0.2) is 35.2 Å². The summed E-state index contributed by atoms with van der Waals surface area (Å²) in [6, 6.07) is 11.0. The molecule has 0 radical (unpaired) electrons. The first-order valence-electron chi connectivity index (χ1n) is 8.36. The first-order valence-corrected chi connectivity index (χ1v) is 9.53. The van der Waals surface area contributed by atoms with Gasteiger partial charge >= 0.3 is 0 Å². The molecule has 1 N–H and O–H groups in total. The van der Waals surface area contributed by atoms with Crippen molar-refractivity contribution in [3.63, 3.8) is 0 Å². The normalized spacial score (nSPS) is 10.9. The molecular weight excluding hydrogens is 446 g/mol. The number of amides is 1. The van der Waals surface area contributed by atoms with Crippen molar-refractivity contribution in [3.05, 3.63) is 81.9 Å². The maximum absolute atomic E-state index is 12.4. The Labute approximate surface area is 173 Å². The van der Waals surface area contributed by atoms with E-state index in [9.17, 15) is 4.79 Å². The second-order valence-corrected chi connectivity index (χ2v) is 7.41. The number of nitrogens with zero attached hydrogens (tertiary/aromatic N) is 6. The Morgan fingerprint density at radius 3 is 2.75 bits per heavy atom. The summed E-state index contributed by atoms with van der Waals surface area (Å²) in [6.07, 6.45) is 7.04. The largest absolute Gasteiger partial charge is 0.304 e. The Kier molecular flexibility index (Phi) is 5.27. The molecule has 0 unspecified atom stereocenters.